The van der Waals surface area contributed by atoms with Crippen molar-refractivity contribution in [3.63, 3.8) is 0 Å². The Kier molecular flexibility index (Phi) is 5.57. The molecule has 3 rings (SSSR count). The van der Waals surface area contributed by atoms with Gasteiger partial charge in [0, 0.05) is 31.7 Å². The van der Waals surface area contributed by atoms with Crippen LogP contribution in [-0.2, 0) is 11.3 Å². The monoisotopic (exact) mass is 318 g/mol. The second kappa shape index (κ2) is 7.65. The second-order valence-electron chi connectivity index (χ2n) is 7.22. The Balaban J connectivity index is 1.57. The van der Waals surface area contributed by atoms with E-state index >= 15 is 0 Å². The van der Waals surface area contributed by atoms with Crippen molar-refractivity contribution in [2.75, 3.05) is 33.4 Å². The molecule has 128 valence electrons. The van der Waals surface area contributed by atoms with Crippen molar-refractivity contribution in [1.29, 1.82) is 0 Å². The summed E-state index contributed by atoms with van der Waals surface area (Å²) in [4.78, 5) is 2.60. The summed E-state index contributed by atoms with van der Waals surface area (Å²) >= 11 is 0. The van der Waals surface area contributed by atoms with Crippen LogP contribution in [0.15, 0.2) is 24.3 Å². The quantitative estimate of drug-likeness (QED) is 0.801. The number of hydrogen-bond acceptors (Lipinski definition) is 4. The van der Waals surface area contributed by atoms with E-state index in [1.54, 1.807) is 7.11 Å². The Morgan fingerprint density at radius 2 is 2.17 bits per heavy atom. The van der Waals surface area contributed by atoms with Crippen molar-refractivity contribution in [1.82, 2.24) is 4.90 Å². The number of likely N-dealkylation sites (tertiary alicyclic amines) is 1. The molecule has 1 aromatic carbocycles. The standard InChI is InChI=1S/C19H30N2O2/c1-22-13-16-5-2-7-18(11-16)23-15-19(8-4-9-19)14-21-10-3-6-17(21)12-20/h2,5,7,11,17H,3-4,6,8-10,12-15,20H2,1H3. The number of hydrogen-bond donors (Lipinski definition) is 1. The molecule has 1 aliphatic carbocycles. The van der Waals surface area contributed by atoms with E-state index in [0.717, 1.165) is 31.0 Å². The van der Waals surface area contributed by atoms with Gasteiger partial charge in [0.2, 0.25) is 0 Å². The van der Waals surface area contributed by atoms with Crippen molar-refractivity contribution < 1.29 is 9.47 Å². The van der Waals surface area contributed by atoms with E-state index in [2.05, 4.69) is 17.0 Å². The first kappa shape index (κ1) is 16.7. The van der Waals surface area contributed by atoms with Crippen LogP contribution in [0, 0.1) is 5.41 Å². The molecule has 1 aliphatic heterocycles. The molecule has 1 heterocycles. The molecular formula is C19H30N2O2. The fourth-order valence-corrected chi connectivity index (χ4v) is 3.95. The molecule has 0 spiro atoms. The molecule has 2 fully saturated rings. The first-order valence-electron chi connectivity index (χ1n) is 8.89. The van der Waals surface area contributed by atoms with E-state index in [4.69, 9.17) is 15.2 Å². The Morgan fingerprint density at radius 3 is 2.87 bits per heavy atom. The highest BCUT2D eigenvalue weighted by atomic mass is 16.5. The van der Waals surface area contributed by atoms with Crippen molar-refractivity contribution in [2.45, 2.75) is 44.8 Å². The molecule has 0 amide bonds. The van der Waals surface area contributed by atoms with Crippen LogP contribution in [0.25, 0.3) is 0 Å². The summed E-state index contributed by atoms with van der Waals surface area (Å²) in [6.45, 7) is 4.58. The Labute approximate surface area is 139 Å². The van der Waals surface area contributed by atoms with E-state index in [0.29, 0.717) is 18.1 Å². The summed E-state index contributed by atoms with van der Waals surface area (Å²) in [5.41, 5.74) is 7.42. The van der Waals surface area contributed by atoms with Gasteiger partial charge in [0.1, 0.15) is 5.75 Å². The smallest absolute Gasteiger partial charge is 0.119 e. The summed E-state index contributed by atoms with van der Waals surface area (Å²) in [7, 11) is 1.72. The van der Waals surface area contributed by atoms with Gasteiger partial charge in [0.15, 0.2) is 0 Å². The molecule has 2 aliphatic rings. The van der Waals surface area contributed by atoms with Crippen LogP contribution in [-0.4, -0.2) is 44.3 Å². The molecule has 23 heavy (non-hydrogen) atoms. The fraction of sp³-hybridized carbons (Fsp3) is 0.684. The van der Waals surface area contributed by atoms with Crippen LogP contribution >= 0.6 is 0 Å². The van der Waals surface area contributed by atoms with Gasteiger partial charge in [-0.2, -0.15) is 0 Å². The van der Waals surface area contributed by atoms with Crippen molar-refractivity contribution in [3.8, 4) is 5.75 Å². The molecule has 2 N–H and O–H groups in total. The third kappa shape index (κ3) is 4.06. The molecule has 0 bridgehead atoms. The van der Waals surface area contributed by atoms with Gasteiger partial charge >= 0.3 is 0 Å². The molecule has 4 nitrogen and oxygen atoms in total. The maximum atomic E-state index is 6.17. The molecule has 1 saturated carbocycles. The van der Waals surface area contributed by atoms with Gasteiger partial charge in [-0.25, -0.2) is 0 Å². The normalized spacial score (nSPS) is 23.7. The molecule has 4 heteroatoms. The van der Waals surface area contributed by atoms with Crippen LogP contribution in [0.2, 0.25) is 0 Å². The number of nitrogens with two attached hydrogens (primary N) is 1. The lowest BCUT2D eigenvalue weighted by molar-refractivity contribution is 0.0147. The summed E-state index contributed by atoms with van der Waals surface area (Å²) in [5.74, 6) is 0.961. The molecular weight excluding hydrogens is 288 g/mol. The number of ether oxygens (including phenoxy) is 2. The number of nitrogens with zero attached hydrogens (tertiary/aromatic N) is 1. The zero-order valence-electron chi connectivity index (χ0n) is 14.3. The van der Waals surface area contributed by atoms with E-state index in [-0.39, 0.29) is 0 Å². The predicted octanol–water partition coefficient (Wildman–Crippen LogP) is 2.81. The van der Waals surface area contributed by atoms with E-state index in [1.165, 1.54) is 38.6 Å². The van der Waals surface area contributed by atoms with Gasteiger partial charge in [-0.05, 0) is 49.9 Å². The second-order valence-corrected chi connectivity index (χ2v) is 7.22. The molecule has 1 atom stereocenters. The maximum Gasteiger partial charge on any atom is 0.119 e. The maximum absolute atomic E-state index is 6.17. The number of benzene rings is 1. The van der Waals surface area contributed by atoms with Crippen molar-refractivity contribution in [3.05, 3.63) is 29.8 Å². The van der Waals surface area contributed by atoms with E-state index in [9.17, 15) is 0 Å². The summed E-state index contributed by atoms with van der Waals surface area (Å²) < 4.78 is 11.4. The van der Waals surface area contributed by atoms with Crippen molar-refractivity contribution >= 4 is 0 Å². The highest BCUT2D eigenvalue weighted by molar-refractivity contribution is 5.28. The minimum atomic E-state index is 0.328. The van der Waals surface area contributed by atoms with Crippen LogP contribution < -0.4 is 10.5 Å². The van der Waals surface area contributed by atoms with Crippen LogP contribution in [0.1, 0.15) is 37.7 Å². The molecule has 1 saturated heterocycles. The summed E-state index contributed by atoms with van der Waals surface area (Å²) in [5, 5.41) is 0. The highest BCUT2D eigenvalue weighted by Gasteiger charge is 2.41. The zero-order chi connectivity index (χ0) is 16.1. The van der Waals surface area contributed by atoms with E-state index < -0.39 is 0 Å². The lowest BCUT2D eigenvalue weighted by atomic mass is 9.69. The van der Waals surface area contributed by atoms with Crippen LogP contribution in [0.5, 0.6) is 5.75 Å². The van der Waals surface area contributed by atoms with Crippen LogP contribution in [0.4, 0.5) is 0 Å². The third-order valence-electron chi connectivity index (χ3n) is 5.48. The average Bonchev–Trinajstić information content (AvgIpc) is 2.97. The van der Waals surface area contributed by atoms with Gasteiger partial charge in [0.25, 0.3) is 0 Å². The molecule has 0 radical (unpaired) electrons. The zero-order valence-corrected chi connectivity index (χ0v) is 14.3. The van der Waals surface area contributed by atoms with Gasteiger partial charge in [-0.3, -0.25) is 4.90 Å². The van der Waals surface area contributed by atoms with Gasteiger partial charge in [-0.1, -0.05) is 18.6 Å². The fourth-order valence-electron chi connectivity index (χ4n) is 3.95. The third-order valence-corrected chi connectivity index (χ3v) is 5.48. The minimum absolute atomic E-state index is 0.328. The molecule has 0 aromatic heterocycles. The predicted molar refractivity (Wildman–Crippen MR) is 92.6 cm³/mol. The largest absolute Gasteiger partial charge is 0.493 e. The van der Waals surface area contributed by atoms with E-state index in [1.807, 2.05) is 12.1 Å². The highest BCUT2D eigenvalue weighted by Crippen LogP contribution is 2.43. The first-order chi connectivity index (χ1) is 11.2. The van der Waals surface area contributed by atoms with Crippen molar-refractivity contribution in [2.24, 2.45) is 11.1 Å². The van der Waals surface area contributed by atoms with Gasteiger partial charge < -0.3 is 15.2 Å². The van der Waals surface area contributed by atoms with Gasteiger partial charge in [0.05, 0.1) is 13.2 Å². The molecule has 1 aromatic rings. The Hall–Kier alpha value is -1.10. The summed E-state index contributed by atoms with van der Waals surface area (Å²) in [6, 6.07) is 8.84. The number of methoxy groups -OCH3 is 1. The minimum Gasteiger partial charge on any atom is -0.493 e. The van der Waals surface area contributed by atoms with Gasteiger partial charge in [-0.15, -0.1) is 0 Å². The lowest BCUT2D eigenvalue weighted by Crippen LogP contribution is -2.49. The Morgan fingerprint density at radius 1 is 1.30 bits per heavy atom. The Bertz CT molecular complexity index is 502. The topological polar surface area (TPSA) is 47.7 Å². The summed E-state index contributed by atoms with van der Waals surface area (Å²) in [6.07, 6.45) is 6.43. The average molecular weight is 318 g/mol. The lowest BCUT2D eigenvalue weighted by Gasteiger charge is -2.45. The number of rotatable bonds is 8. The molecule has 1 unspecified atom stereocenters. The first-order valence-corrected chi connectivity index (χ1v) is 8.89. The SMILES string of the molecule is COCc1cccc(OCC2(CN3CCCC3CN)CCC2)c1. The van der Waals surface area contributed by atoms with Crippen LogP contribution in [0.3, 0.4) is 0 Å².